The average Bonchev–Trinajstić information content (AvgIpc) is 3.21. The molecule has 1 aromatic heterocycles. The van der Waals surface area contributed by atoms with Crippen LogP contribution >= 0.6 is 0 Å². The Kier molecular flexibility index (Phi) is 6.48. The van der Waals surface area contributed by atoms with Crippen molar-refractivity contribution in [1.82, 2.24) is 3.97 Å². The monoisotopic (exact) mass is 443 g/mol. The van der Waals surface area contributed by atoms with Gasteiger partial charge < -0.3 is 14.2 Å². The molecule has 0 saturated carbocycles. The zero-order valence-corrected chi connectivity index (χ0v) is 19.1. The number of ether oxygens (including phenoxy) is 3. The lowest BCUT2D eigenvalue weighted by atomic mass is 10.0. The Morgan fingerprint density at radius 3 is 2.55 bits per heavy atom. The van der Waals surface area contributed by atoms with Gasteiger partial charge in [-0.2, -0.15) is 0 Å². The maximum atomic E-state index is 13.4. The van der Waals surface area contributed by atoms with Crippen LogP contribution in [0.5, 0.6) is 0 Å². The second-order valence-electron chi connectivity index (χ2n) is 8.06. The molecule has 0 radical (unpaired) electrons. The summed E-state index contributed by atoms with van der Waals surface area (Å²) in [7, 11) is -2.06. The van der Waals surface area contributed by atoms with Crippen molar-refractivity contribution in [3.63, 3.8) is 0 Å². The molecular weight excluding hydrogens is 414 g/mol. The number of fused-ring (bicyclic) bond motifs is 1. The van der Waals surface area contributed by atoms with Gasteiger partial charge >= 0.3 is 0 Å². The van der Waals surface area contributed by atoms with Crippen molar-refractivity contribution in [3.8, 4) is 0 Å². The third-order valence-corrected chi connectivity index (χ3v) is 7.45. The fourth-order valence-electron chi connectivity index (χ4n) is 4.13. The second-order valence-corrected chi connectivity index (χ2v) is 9.88. The Labute approximate surface area is 183 Å². The van der Waals surface area contributed by atoms with Crippen LogP contribution in [0.15, 0.2) is 47.5 Å². The highest BCUT2D eigenvalue weighted by Gasteiger charge is 2.23. The molecule has 4 rings (SSSR count). The minimum Gasteiger partial charge on any atom is -0.380 e. The van der Waals surface area contributed by atoms with Crippen LogP contribution in [-0.2, 0) is 37.4 Å². The first-order valence-electron chi connectivity index (χ1n) is 10.6. The standard InChI is InChI=1S/C24H29NO5S/c1-17-7-9-20(10-8-17)31(26,27)25-12-11-21-22(16-30-23-6-4-5-13-29-23)19(15-28-3)14-18(2)24(21)25/h7-12,14,23H,4-6,13,15-16H2,1-3H3. The number of aromatic nitrogens is 1. The van der Waals surface area contributed by atoms with Crippen LogP contribution in [0, 0.1) is 13.8 Å². The Morgan fingerprint density at radius 2 is 1.87 bits per heavy atom. The van der Waals surface area contributed by atoms with Gasteiger partial charge in [-0.25, -0.2) is 12.4 Å². The molecule has 2 heterocycles. The quantitative estimate of drug-likeness (QED) is 0.530. The van der Waals surface area contributed by atoms with Crippen molar-refractivity contribution in [2.24, 2.45) is 0 Å². The number of rotatable bonds is 7. The highest BCUT2D eigenvalue weighted by molar-refractivity contribution is 7.90. The first-order chi connectivity index (χ1) is 14.9. The molecule has 0 aliphatic carbocycles. The van der Waals surface area contributed by atoms with Crippen molar-refractivity contribution in [1.29, 1.82) is 0 Å². The maximum Gasteiger partial charge on any atom is 0.268 e. The zero-order chi connectivity index (χ0) is 22.0. The Hall–Kier alpha value is -2.19. The number of aryl methyl sites for hydroxylation is 2. The molecule has 31 heavy (non-hydrogen) atoms. The van der Waals surface area contributed by atoms with Gasteiger partial charge in [0.2, 0.25) is 0 Å². The highest BCUT2D eigenvalue weighted by Crippen LogP contribution is 2.32. The summed E-state index contributed by atoms with van der Waals surface area (Å²) in [5.41, 5.74) is 4.49. The van der Waals surface area contributed by atoms with Crippen molar-refractivity contribution in [2.75, 3.05) is 13.7 Å². The fourth-order valence-corrected chi connectivity index (χ4v) is 5.54. The molecule has 0 N–H and O–H groups in total. The number of methoxy groups -OCH3 is 1. The van der Waals surface area contributed by atoms with Crippen LogP contribution in [0.2, 0.25) is 0 Å². The van der Waals surface area contributed by atoms with Crippen LogP contribution in [-0.4, -0.2) is 32.4 Å². The van der Waals surface area contributed by atoms with E-state index in [0.717, 1.165) is 46.9 Å². The first kappa shape index (κ1) is 22.0. The molecule has 1 saturated heterocycles. The SMILES string of the molecule is COCc1cc(C)c2c(ccn2S(=O)(=O)c2ccc(C)cc2)c1COC1CCCCO1. The molecule has 1 aliphatic heterocycles. The van der Waals surface area contributed by atoms with E-state index >= 15 is 0 Å². The van der Waals surface area contributed by atoms with E-state index < -0.39 is 10.0 Å². The molecule has 0 bridgehead atoms. The fraction of sp³-hybridized carbons (Fsp3) is 0.417. The Morgan fingerprint density at radius 1 is 1.10 bits per heavy atom. The average molecular weight is 444 g/mol. The molecule has 1 aliphatic rings. The molecule has 0 spiro atoms. The molecule has 3 aromatic rings. The van der Waals surface area contributed by atoms with Crippen LogP contribution in [0.3, 0.4) is 0 Å². The van der Waals surface area contributed by atoms with Crippen molar-refractivity contribution in [3.05, 3.63) is 64.8 Å². The summed E-state index contributed by atoms with van der Waals surface area (Å²) < 4.78 is 45.3. The number of nitrogens with zero attached hydrogens (tertiary/aromatic N) is 1. The van der Waals surface area contributed by atoms with Crippen LogP contribution in [0.25, 0.3) is 10.9 Å². The molecule has 1 fully saturated rings. The zero-order valence-electron chi connectivity index (χ0n) is 18.3. The smallest absolute Gasteiger partial charge is 0.268 e. The largest absolute Gasteiger partial charge is 0.380 e. The lowest BCUT2D eigenvalue weighted by molar-refractivity contribution is -0.168. The highest BCUT2D eigenvalue weighted by atomic mass is 32.2. The Balaban J connectivity index is 1.78. The van der Waals surface area contributed by atoms with Gasteiger partial charge in [-0.1, -0.05) is 23.8 Å². The van der Waals surface area contributed by atoms with Crippen LogP contribution in [0.4, 0.5) is 0 Å². The molecule has 7 heteroatoms. The first-order valence-corrected chi connectivity index (χ1v) is 12.0. The van der Waals surface area contributed by atoms with Gasteiger partial charge in [0.05, 0.1) is 23.6 Å². The van der Waals surface area contributed by atoms with E-state index in [1.54, 1.807) is 25.4 Å². The van der Waals surface area contributed by atoms with E-state index in [0.29, 0.717) is 25.3 Å². The minimum atomic E-state index is -3.72. The van der Waals surface area contributed by atoms with Gasteiger partial charge in [-0.15, -0.1) is 0 Å². The minimum absolute atomic E-state index is 0.223. The maximum absolute atomic E-state index is 13.4. The summed E-state index contributed by atoms with van der Waals surface area (Å²) in [5, 5.41) is 0.860. The lowest BCUT2D eigenvalue weighted by Gasteiger charge is -2.23. The van der Waals surface area contributed by atoms with Crippen molar-refractivity contribution < 1.29 is 22.6 Å². The van der Waals surface area contributed by atoms with Crippen molar-refractivity contribution >= 4 is 20.9 Å². The van der Waals surface area contributed by atoms with Crippen LogP contribution in [0.1, 0.15) is 41.5 Å². The molecule has 0 amide bonds. The number of benzene rings is 2. The van der Waals surface area contributed by atoms with E-state index in [2.05, 4.69) is 0 Å². The Bertz CT molecular complexity index is 1160. The molecule has 166 valence electrons. The molecule has 6 nitrogen and oxygen atoms in total. The van der Waals surface area contributed by atoms with Crippen LogP contribution < -0.4 is 0 Å². The number of hydrogen-bond acceptors (Lipinski definition) is 5. The summed E-state index contributed by atoms with van der Waals surface area (Å²) in [6, 6.07) is 10.8. The summed E-state index contributed by atoms with van der Waals surface area (Å²) in [6.45, 7) is 5.35. The molecular formula is C24H29NO5S. The third kappa shape index (κ3) is 4.41. The van der Waals surface area contributed by atoms with Gasteiger partial charge in [-0.3, -0.25) is 0 Å². The van der Waals surface area contributed by atoms with Gasteiger partial charge in [0, 0.05) is 25.3 Å². The predicted molar refractivity (Wildman–Crippen MR) is 120 cm³/mol. The van der Waals surface area contributed by atoms with Gasteiger partial charge in [-0.05, 0) is 68.0 Å². The second kappa shape index (κ2) is 9.12. The van der Waals surface area contributed by atoms with Gasteiger partial charge in [0.25, 0.3) is 10.0 Å². The molecule has 2 aromatic carbocycles. The summed E-state index contributed by atoms with van der Waals surface area (Å²) >= 11 is 0. The number of hydrogen-bond donors (Lipinski definition) is 0. The molecule has 1 unspecified atom stereocenters. The van der Waals surface area contributed by atoms with Gasteiger partial charge in [0.15, 0.2) is 6.29 Å². The van der Waals surface area contributed by atoms with E-state index in [4.69, 9.17) is 14.2 Å². The van der Waals surface area contributed by atoms with Crippen molar-refractivity contribution in [2.45, 2.75) is 57.5 Å². The predicted octanol–water partition coefficient (Wildman–Crippen LogP) is 4.68. The van der Waals surface area contributed by atoms with E-state index in [1.165, 1.54) is 3.97 Å². The summed E-state index contributed by atoms with van der Waals surface area (Å²) in [5.74, 6) is 0. The van der Waals surface area contributed by atoms with E-state index in [-0.39, 0.29) is 11.2 Å². The summed E-state index contributed by atoms with van der Waals surface area (Å²) in [6.07, 6.45) is 4.42. The summed E-state index contributed by atoms with van der Waals surface area (Å²) in [4.78, 5) is 0.268. The normalized spacial score (nSPS) is 17.3. The lowest BCUT2D eigenvalue weighted by Crippen LogP contribution is -2.22. The van der Waals surface area contributed by atoms with E-state index in [1.807, 2.05) is 38.1 Å². The topological polar surface area (TPSA) is 66.8 Å². The van der Waals surface area contributed by atoms with E-state index in [9.17, 15) is 8.42 Å². The molecule has 1 atom stereocenters. The third-order valence-electron chi connectivity index (χ3n) is 5.76. The van der Waals surface area contributed by atoms with Gasteiger partial charge in [0.1, 0.15) is 0 Å².